The van der Waals surface area contributed by atoms with Crippen molar-refractivity contribution in [2.75, 3.05) is 6.61 Å². The van der Waals surface area contributed by atoms with Crippen LogP contribution in [0.2, 0.25) is 0 Å². The van der Waals surface area contributed by atoms with Gasteiger partial charge in [-0.05, 0) is 26.3 Å². The molecule has 0 saturated carbocycles. The standard InChI is InChI=1S/C15H19NO3/c1-5-6-7-19-15-12(13(17)14(15)18)11-8-9(2)16(4)10(11)3/h8H,5-7H2,1-4H3. The predicted molar refractivity (Wildman–Crippen MR) is 75.6 cm³/mol. The third-order valence-corrected chi connectivity index (χ3v) is 3.66. The first-order chi connectivity index (χ1) is 8.99. The number of aromatic nitrogens is 1. The lowest BCUT2D eigenvalue weighted by Gasteiger charge is -2.12. The highest BCUT2D eigenvalue weighted by Crippen LogP contribution is 2.30. The molecule has 19 heavy (non-hydrogen) atoms. The fourth-order valence-electron chi connectivity index (χ4n) is 2.18. The van der Waals surface area contributed by atoms with Crippen molar-refractivity contribution in [3.05, 3.63) is 37.9 Å². The summed E-state index contributed by atoms with van der Waals surface area (Å²) in [7, 11) is 1.94. The molecule has 2 rings (SSSR count). The van der Waals surface area contributed by atoms with Crippen LogP contribution in [0, 0.1) is 13.8 Å². The van der Waals surface area contributed by atoms with Crippen LogP contribution in [0.25, 0.3) is 11.1 Å². The average Bonchev–Trinajstić information content (AvgIpc) is 2.65. The van der Waals surface area contributed by atoms with Crippen LogP contribution in [0.5, 0.6) is 5.75 Å². The molecule has 0 atom stereocenters. The molecular weight excluding hydrogens is 242 g/mol. The van der Waals surface area contributed by atoms with Gasteiger partial charge in [0.25, 0.3) is 5.43 Å². The fraction of sp³-hybridized carbons (Fsp3) is 0.467. The Labute approximate surface area is 112 Å². The van der Waals surface area contributed by atoms with Gasteiger partial charge in [0.05, 0.1) is 12.2 Å². The Bertz CT molecular complexity index is 672. The molecule has 0 aliphatic rings. The number of hydrogen-bond acceptors (Lipinski definition) is 3. The van der Waals surface area contributed by atoms with Gasteiger partial charge in [0.2, 0.25) is 5.43 Å². The van der Waals surface area contributed by atoms with Crippen LogP contribution in [0.1, 0.15) is 31.2 Å². The Morgan fingerprint density at radius 1 is 1.21 bits per heavy atom. The molecule has 0 aliphatic carbocycles. The molecule has 102 valence electrons. The molecule has 1 aromatic carbocycles. The van der Waals surface area contributed by atoms with E-state index in [1.165, 1.54) is 0 Å². The molecule has 0 radical (unpaired) electrons. The third kappa shape index (κ3) is 2.11. The van der Waals surface area contributed by atoms with Gasteiger partial charge in [0.15, 0.2) is 5.75 Å². The van der Waals surface area contributed by atoms with Crippen LogP contribution in [-0.2, 0) is 7.05 Å². The first kappa shape index (κ1) is 13.6. The van der Waals surface area contributed by atoms with Gasteiger partial charge in [-0.25, -0.2) is 0 Å². The lowest BCUT2D eigenvalue weighted by molar-refractivity contribution is 0.304. The highest BCUT2D eigenvalue weighted by molar-refractivity contribution is 5.76. The normalized spacial score (nSPS) is 11.2. The van der Waals surface area contributed by atoms with Gasteiger partial charge in [-0.15, -0.1) is 0 Å². The molecule has 0 N–H and O–H groups in total. The zero-order valence-corrected chi connectivity index (χ0v) is 11.9. The number of aryl methyl sites for hydroxylation is 1. The highest BCUT2D eigenvalue weighted by atomic mass is 16.5. The van der Waals surface area contributed by atoms with E-state index in [9.17, 15) is 9.59 Å². The molecule has 1 heterocycles. The summed E-state index contributed by atoms with van der Waals surface area (Å²) in [5, 5.41) is 0. The van der Waals surface area contributed by atoms with Gasteiger partial charge < -0.3 is 9.30 Å². The molecule has 4 heteroatoms. The molecule has 0 saturated heterocycles. The quantitative estimate of drug-likeness (QED) is 0.611. The van der Waals surface area contributed by atoms with Crippen molar-refractivity contribution in [3.8, 4) is 16.9 Å². The number of hydrogen-bond donors (Lipinski definition) is 0. The minimum Gasteiger partial charge on any atom is -0.489 e. The first-order valence-electron chi connectivity index (χ1n) is 6.58. The summed E-state index contributed by atoms with van der Waals surface area (Å²) in [6.07, 6.45) is 1.87. The van der Waals surface area contributed by atoms with Gasteiger partial charge in [-0.1, -0.05) is 13.3 Å². The summed E-state index contributed by atoms with van der Waals surface area (Å²) >= 11 is 0. The number of unbranched alkanes of at least 4 members (excludes halogenated alkanes) is 1. The number of rotatable bonds is 5. The highest BCUT2D eigenvalue weighted by Gasteiger charge is 2.26. The van der Waals surface area contributed by atoms with Gasteiger partial charge in [0, 0.05) is 24.0 Å². The zero-order valence-electron chi connectivity index (χ0n) is 11.9. The maximum Gasteiger partial charge on any atom is 0.268 e. The van der Waals surface area contributed by atoms with E-state index >= 15 is 0 Å². The Hall–Kier alpha value is -1.84. The fourth-order valence-corrected chi connectivity index (χ4v) is 2.18. The molecule has 4 nitrogen and oxygen atoms in total. The van der Waals surface area contributed by atoms with Crippen LogP contribution >= 0.6 is 0 Å². The maximum absolute atomic E-state index is 11.8. The van der Waals surface area contributed by atoms with E-state index in [1.54, 1.807) is 0 Å². The zero-order chi connectivity index (χ0) is 14.2. The lowest BCUT2D eigenvalue weighted by atomic mass is 10.00. The second-order valence-corrected chi connectivity index (χ2v) is 4.91. The lowest BCUT2D eigenvalue weighted by Crippen LogP contribution is -2.34. The maximum atomic E-state index is 11.8. The second-order valence-electron chi connectivity index (χ2n) is 4.91. The molecule has 0 bridgehead atoms. The van der Waals surface area contributed by atoms with Gasteiger partial charge in [-0.2, -0.15) is 0 Å². The molecule has 0 fully saturated rings. The van der Waals surface area contributed by atoms with E-state index in [-0.39, 0.29) is 5.75 Å². The monoisotopic (exact) mass is 261 g/mol. The second kappa shape index (κ2) is 5.03. The summed E-state index contributed by atoms with van der Waals surface area (Å²) in [6, 6.07) is 1.93. The van der Waals surface area contributed by atoms with Crippen molar-refractivity contribution < 1.29 is 4.74 Å². The first-order valence-corrected chi connectivity index (χ1v) is 6.58. The van der Waals surface area contributed by atoms with Crippen LogP contribution in [0.15, 0.2) is 15.7 Å². The van der Waals surface area contributed by atoms with Crippen molar-refractivity contribution >= 4 is 0 Å². The summed E-state index contributed by atoms with van der Waals surface area (Å²) in [5.41, 5.74) is 2.37. The van der Waals surface area contributed by atoms with Crippen LogP contribution < -0.4 is 15.6 Å². The van der Waals surface area contributed by atoms with E-state index in [2.05, 4.69) is 6.92 Å². The number of nitrogens with zero attached hydrogens (tertiary/aromatic N) is 1. The average molecular weight is 261 g/mol. The summed E-state index contributed by atoms with van der Waals surface area (Å²) < 4.78 is 7.47. The Morgan fingerprint density at radius 2 is 1.89 bits per heavy atom. The molecule has 0 aliphatic heterocycles. The van der Waals surface area contributed by atoms with Gasteiger partial charge >= 0.3 is 0 Å². The van der Waals surface area contributed by atoms with Crippen molar-refractivity contribution in [1.82, 2.24) is 4.57 Å². The van der Waals surface area contributed by atoms with E-state index in [1.807, 2.05) is 31.5 Å². The van der Waals surface area contributed by atoms with E-state index in [4.69, 9.17) is 4.74 Å². The van der Waals surface area contributed by atoms with Gasteiger partial charge in [0.1, 0.15) is 0 Å². The summed E-state index contributed by atoms with van der Waals surface area (Å²) in [5.74, 6) is 0.243. The summed E-state index contributed by atoms with van der Waals surface area (Å²) in [4.78, 5) is 23.4. The molecule has 0 spiro atoms. The molecular formula is C15H19NO3. The topological polar surface area (TPSA) is 48.3 Å². The minimum absolute atomic E-state index is 0.243. The Kier molecular flexibility index (Phi) is 3.60. The third-order valence-electron chi connectivity index (χ3n) is 3.66. The Morgan fingerprint density at radius 3 is 2.42 bits per heavy atom. The molecule has 2 aromatic rings. The van der Waals surface area contributed by atoms with Crippen molar-refractivity contribution in [2.24, 2.45) is 7.05 Å². The van der Waals surface area contributed by atoms with Crippen molar-refractivity contribution in [3.63, 3.8) is 0 Å². The van der Waals surface area contributed by atoms with Crippen LogP contribution in [0.4, 0.5) is 0 Å². The van der Waals surface area contributed by atoms with Crippen molar-refractivity contribution in [1.29, 1.82) is 0 Å². The van der Waals surface area contributed by atoms with Gasteiger partial charge in [-0.3, -0.25) is 9.59 Å². The van der Waals surface area contributed by atoms with E-state index < -0.39 is 10.9 Å². The van der Waals surface area contributed by atoms with Crippen LogP contribution in [0.3, 0.4) is 0 Å². The van der Waals surface area contributed by atoms with E-state index in [0.29, 0.717) is 12.2 Å². The van der Waals surface area contributed by atoms with Crippen molar-refractivity contribution in [2.45, 2.75) is 33.6 Å². The molecule has 0 unspecified atom stereocenters. The molecule has 1 aromatic heterocycles. The predicted octanol–water partition coefficient (Wildman–Crippen LogP) is 2.08. The SMILES string of the molecule is CCCCOc1c(-c2cc(C)n(C)c2C)c(=O)c1=O. The minimum atomic E-state index is -0.494. The molecule has 0 amide bonds. The Balaban J connectivity index is 2.40. The summed E-state index contributed by atoms with van der Waals surface area (Å²) in [6.45, 7) is 6.45. The smallest absolute Gasteiger partial charge is 0.268 e. The van der Waals surface area contributed by atoms with Crippen LogP contribution in [-0.4, -0.2) is 11.2 Å². The van der Waals surface area contributed by atoms with E-state index in [0.717, 1.165) is 29.8 Å². The number of ether oxygens (including phenoxy) is 1. The largest absolute Gasteiger partial charge is 0.489 e.